The summed E-state index contributed by atoms with van der Waals surface area (Å²) in [6.07, 6.45) is 1.31. The van der Waals surface area contributed by atoms with Gasteiger partial charge in [-0.2, -0.15) is 0 Å². The van der Waals surface area contributed by atoms with E-state index < -0.39 is 10.0 Å². The molecule has 3 N–H and O–H groups in total. The van der Waals surface area contributed by atoms with E-state index in [1.165, 1.54) is 12.4 Å². The standard InChI is InChI=1S/C16H16N4O3S/c1-9(2)10-5-11(7-12(6-10)24(17,22)23)13-3-4-14-15(20-13)16(21)19-8-18-14/h3-9H,1-2H3,(H2,17,22,23)(H,18,19,21). The Kier molecular flexibility index (Phi) is 3.94. The molecule has 0 bridgehead atoms. The quantitative estimate of drug-likeness (QED) is 0.750. The van der Waals surface area contributed by atoms with Crippen LogP contribution in [-0.2, 0) is 10.0 Å². The highest BCUT2D eigenvalue weighted by molar-refractivity contribution is 7.89. The summed E-state index contributed by atoms with van der Waals surface area (Å²) in [5, 5.41) is 5.27. The van der Waals surface area contributed by atoms with Crippen molar-refractivity contribution >= 4 is 21.1 Å². The molecule has 0 fully saturated rings. The topological polar surface area (TPSA) is 119 Å². The first-order chi connectivity index (χ1) is 11.3. The van der Waals surface area contributed by atoms with Gasteiger partial charge in [0.1, 0.15) is 0 Å². The third-order valence-electron chi connectivity index (χ3n) is 3.71. The molecule has 2 aromatic heterocycles. The van der Waals surface area contributed by atoms with Crippen molar-refractivity contribution in [1.29, 1.82) is 0 Å². The molecule has 1 aromatic carbocycles. The van der Waals surface area contributed by atoms with Crippen LogP contribution in [0.25, 0.3) is 22.3 Å². The lowest BCUT2D eigenvalue weighted by Gasteiger charge is -2.11. The van der Waals surface area contributed by atoms with Gasteiger partial charge in [-0.15, -0.1) is 0 Å². The molecule has 8 heteroatoms. The molecule has 0 saturated carbocycles. The second-order valence-electron chi connectivity index (χ2n) is 5.79. The fourth-order valence-corrected chi connectivity index (χ4v) is 2.97. The van der Waals surface area contributed by atoms with Gasteiger partial charge in [-0.25, -0.2) is 23.5 Å². The number of sulfonamides is 1. The Bertz CT molecular complexity index is 1090. The number of pyridine rings is 1. The molecule has 0 aliphatic heterocycles. The maximum Gasteiger partial charge on any atom is 0.277 e. The average molecular weight is 344 g/mol. The number of aromatic nitrogens is 3. The van der Waals surface area contributed by atoms with Crippen LogP contribution in [0, 0.1) is 0 Å². The van der Waals surface area contributed by atoms with Crippen molar-refractivity contribution in [3.63, 3.8) is 0 Å². The summed E-state index contributed by atoms with van der Waals surface area (Å²) in [6.45, 7) is 3.91. The minimum Gasteiger partial charge on any atom is -0.311 e. The van der Waals surface area contributed by atoms with E-state index in [-0.39, 0.29) is 21.9 Å². The van der Waals surface area contributed by atoms with Crippen LogP contribution in [0.3, 0.4) is 0 Å². The molecule has 3 rings (SSSR count). The molecular formula is C16H16N4O3S. The Morgan fingerprint density at radius 2 is 1.92 bits per heavy atom. The first kappa shape index (κ1) is 16.3. The number of rotatable bonds is 3. The van der Waals surface area contributed by atoms with E-state index in [0.29, 0.717) is 16.8 Å². The largest absolute Gasteiger partial charge is 0.311 e. The Balaban J connectivity index is 2.27. The van der Waals surface area contributed by atoms with E-state index in [9.17, 15) is 13.2 Å². The van der Waals surface area contributed by atoms with Crippen LogP contribution in [-0.4, -0.2) is 23.4 Å². The minimum absolute atomic E-state index is 0.0192. The zero-order valence-electron chi connectivity index (χ0n) is 13.1. The molecular weight excluding hydrogens is 328 g/mol. The predicted molar refractivity (Wildman–Crippen MR) is 91.1 cm³/mol. The summed E-state index contributed by atoms with van der Waals surface area (Å²) in [5.74, 6) is 0.107. The minimum atomic E-state index is -3.85. The lowest BCUT2D eigenvalue weighted by atomic mass is 9.99. The summed E-state index contributed by atoms with van der Waals surface area (Å²) in [7, 11) is -3.85. The highest BCUT2D eigenvalue weighted by Crippen LogP contribution is 2.27. The van der Waals surface area contributed by atoms with Crippen molar-refractivity contribution in [2.75, 3.05) is 0 Å². The van der Waals surface area contributed by atoms with Gasteiger partial charge in [-0.05, 0) is 41.8 Å². The van der Waals surface area contributed by atoms with Crippen LogP contribution in [0.5, 0.6) is 0 Å². The second-order valence-corrected chi connectivity index (χ2v) is 7.35. The number of nitrogens with two attached hydrogens (primary N) is 1. The number of hydrogen-bond acceptors (Lipinski definition) is 5. The molecule has 0 spiro atoms. The van der Waals surface area contributed by atoms with Crippen molar-refractivity contribution in [3.8, 4) is 11.3 Å². The summed E-state index contributed by atoms with van der Waals surface area (Å²) in [4.78, 5) is 22.8. The Morgan fingerprint density at radius 1 is 1.17 bits per heavy atom. The number of nitrogens with zero attached hydrogens (tertiary/aromatic N) is 2. The zero-order chi connectivity index (χ0) is 17.5. The Hall–Kier alpha value is -2.58. The van der Waals surface area contributed by atoms with Crippen LogP contribution >= 0.6 is 0 Å². The first-order valence-electron chi connectivity index (χ1n) is 7.28. The monoisotopic (exact) mass is 344 g/mol. The highest BCUT2D eigenvalue weighted by atomic mass is 32.2. The van der Waals surface area contributed by atoms with Gasteiger partial charge in [-0.3, -0.25) is 4.79 Å². The van der Waals surface area contributed by atoms with Crippen molar-refractivity contribution in [3.05, 3.63) is 52.6 Å². The van der Waals surface area contributed by atoms with Crippen LogP contribution < -0.4 is 10.7 Å². The van der Waals surface area contributed by atoms with Gasteiger partial charge in [-0.1, -0.05) is 13.8 Å². The van der Waals surface area contributed by atoms with E-state index in [4.69, 9.17) is 5.14 Å². The van der Waals surface area contributed by atoms with E-state index in [1.807, 2.05) is 19.9 Å². The van der Waals surface area contributed by atoms with Gasteiger partial charge in [0.2, 0.25) is 10.0 Å². The molecule has 24 heavy (non-hydrogen) atoms. The van der Waals surface area contributed by atoms with Crippen LogP contribution in [0.1, 0.15) is 25.3 Å². The molecule has 0 aliphatic carbocycles. The molecule has 0 unspecified atom stereocenters. The van der Waals surface area contributed by atoms with Gasteiger partial charge in [0.05, 0.1) is 22.4 Å². The van der Waals surface area contributed by atoms with Crippen molar-refractivity contribution in [1.82, 2.24) is 15.0 Å². The maximum absolute atomic E-state index is 11.9. The van der Waals surface area contributed by atoms with Gasteiger partial charge in [0.25, 0.3) is 5.56 Å². The molecule has 0 atom stereocenters. The number of H-pyrrole nitrogens is 1. The van der Waals surface area contributed by atoms with E-state index in [1.54, 1.807) is 18.2 Å². The average Bonchev–Trinajstić information content (AvgIpc) is 2.53. The zero-order valence-corrected chi connectivity index (χ0v) is 14.0. The van der Waals surface area contributed by atoms with Gasteiger partial charge in [0, 0.05) is 5.56 Å². The van der Waals surface area contributed by atoms with Crippen LogP contribution in [0.15, 0.2) is 46.3 Å². The molecule has 0 amide bonds. The van der Waals surface area contributed by atoms with Crippen molar-refractivity contribution in [2.45, 2.75) is 24.7 Å². The lowest BCUT2D eigenvalue weighted by Crippen LogP contribution is -2.13. The molecule has 0 saturated heterocycles. The summed E-state index contributed by atoms with van der Waals surface area (Å²) >= 11 is 0. The van der Waals surface area contributed by atoms with E-state index in [0.717, 1.165) is 5.56 Å². The van der Waals surface area contributed by atoms with Gasteiger partial charge >= 0.3 is 0 Å². The number of hydrogen-bond donors (Lipinski definition) is 2. The van der Waals surface area contributed by atoms with E-state index >= 15 is 0 Å². The fourth-order valence-electron chi connectivity index (χ4n) is 2.38. The fraction of sp³-hybridized carbons (Fsp3) is 0.188. The van der Waals surface area contributed by atoms with Crippen LogP contribution in [0.2, 0.25) is 0 Å². The smallest absolute Gasteiger partial charge is 0.277 e. The van der Waals surface area contributed by atoms with Gasteiger partial charge < -0.3 is 4.98 Å². The number of primary sulfonamides is 1. The Labute approximate surface area is 138 Å². The summed E-state index contributed by atoms with van der Waals surface area (Å²) in [5.41, 5.74) is 2.19. The summed E-state index contributed by atoms with van der Waals surface area (Å²) < 4.78 is 23.5. The third kappa shape index (κ3) is 3.06. The number of nitrogens with one attached hydrogen (secondary N) is 1. The van der Waals surface area contributed by atoms with Crippen molar-refractivity contribution in [2.24, 2.45) is 5.14 Å². The molecule has 124 valence electrons. The first-order valence-corrected chi connectivity index (χ1v) is 8.83. The molecule has 7 nitrogen and oxygen atoms in total. The molecule has 2 heterocycles. The third-order valence-corrected chi connectivity index (χ3v) is 4.60. The predicted octanol–water partition coefficient (Wildman–Crippen LogP) is 1.76. The number of fused-ring (bicyclic) bond motifs is 1. The lowest BCUT2D eigenvalue weighted by molar-refractivity contribution is 0.597. The molecule has 3 aromatic rings. The molecule has 0 radical (unpaired) electrons. The van der Waals surface area contributed by atoms with Crippen molar-refractivity contribution < 1.29 is 8.42 Å². The Morgan fingerprint density at radius 3 is 2.58 bits per heavy atom. The highest BCUT2D eigenvalue weighted by Gasteiger charge is 2.14. The molecule has 0 aliphatic rings. The summed E-state index contributed by atoms with van der Waals surface area (Å²) in [6, 6.07) is 8.23. The number of benzene rings is 1. The maximum atomic E-state index is 11.9. The second kappa shape index (κ2) is 5.81. The van der Waals surface area contributed by atoms with Crippen LogP contribution in [0.4, 0.5) is 0 Å². The van der Waals surface area contributed by atoms with E-state index in [2.05, 4.69) is 15.0 Å². The van der Waals surface area contributed by atoms with Gasteiger partial charge in [0.15, 0.2) is 5.52 Å². The normalized spacial score (nSPS) is 12.0. The number of aromatic amines is 1. The SMILES string of the molecule is CC(C)c1cc(-c2ccc3nc[nH]c(=O)c3n2)cc(S(N)(=O)=O)c1.